The highest BCUT2D eigenvalue weighted by Gasteiger charge is 2.20. The van der Waals surface area contributed by atoms with Gasteiger partial charge in [-0.15, -0.1) is 0 Å². The molecule has 2 N–H and O–H groups in total. The average Bonchev–Trinajstić information content (AvgIpc) is 2.39. The molecular weight excluding hydrogens is 246 g/mol. The van der Waals surface area contributed by atoms with E-state index in [0.29, 0.717) is 18.7 Å². The highest BCUT2D eigenvalue weighted by molar-refractivity contribution is 6.01. The number of hydrogen-bond donors (Lipinski definition) is 2. The Morgan fingerprint density at radius 1 is 1.37 bits per heavy atom. The summed E-state index contributed by atoms with van der Waals surface area (Å²) >= 11 is 0. The number of para-hydroxylation sites is 1. The van der Waals surface area contributed by atoms with Gasteiger partial charge < -0.3 is 10.6 Å². The lowest BCUT2D eigenvalue weighted by Crippen LogP contribution is -2.25. The number of hydrogen-bond acceptors (Lipinski definition) is 4. The van der Waals surface area contributed by atoms with E-state index < -0.39 is 4.92 Å². The highest BCUT2D eigenvalue weighted by Crippen LogP contribution is 2.28. The molecule has 0 radical (unpaired) electrons. The van der Waals surface area contributed by atoms with Gasteiger partial charge in [-0.25, -0.2) is 0 Å². The molecular formula is C13H19N3O3. The van der Waals surface area contributed by atoms with Crippen LogP contribution in [-0.2, 0) is 0 Å². The molecule has 0 spiro atoms. The Labute approximate surface area is 112 Å². The fraction of sp³-hybridized carbons (Fsp3) is 0.462. The van der Waals surface area contributed by atoms with Crippen molar-refractivity contribution < 1.29 is 9.72 Å². The number of benzene rings is 1. The van der Waals surface area contributed by atoms with Crippen LogP contribution in [0.15, 0.2) is 18.2 Å². The topological polar surface area (TPSA) is 84.3 Å². The zero-order chi connectivity index (χ0) is 14.3. The van der Waals surface area contributed by atoms with Crippen molar-refractivity contribution in [1.29, 1.82) is 0 Å². The summed E-state index contributed by atoms with van der Waals surface area (Å²) < 4.78 is 0. The van der Waals surface area contributed by atoms with Gasteiger partial charge in [-0.1, -0.05) is 19.4 Å². The van der Waals surface area contributed by atoms with Crippen LogP contribution in [-0.4, -0.2) is 23.9 Å². The maximum Gasteiger partial charge on any atom is 0.293 e. The van der Waals surface area contributed by atoms with E-state index in [1.165, 1.54) is 12.1 Å². The maximum absolute atomic E-state index is 12.0. The predicted octanol–water partition coefficient (Wildman–Crippen LogP) is 2.56. The standard InChI is InChI=1S/C13H19N3O3/c1-3-5-9-15-13(17)10-7-6-8-11(16(18)19)12(10)14-4-2/h6-8,14H,3-5,9H2,1-2H3,(H,15,17). The first-order valence-electron chi connectivity index (χ1n) is 6.41. The van der Waals surface area contributed by atoms with E-state index in [-0.39, 0.29) is 17.3 Å². The Bertz CT molecular complexity index is 460. The van der Waals surface area contributed by atoms with Crippen LogP contribution in [0.1, 0.15) is 37.0 Å². The van der Waals surface area contributed by atoms with Crippen molar-refractivity contribution >= 4 is 17.3 Å². The molecule has 19 heavy (non-hydrogen) atoms. The summed E-state index contributed by atoms with van der Waals surface area (Å²) in [6.45, 7) is 4.95. The molecule has 6 heteroatoms. The second kappa shape index (κ2) is 7.35. The first kappa shape index (κ1) is 14.9. The number of amides is 1. The van der Waals surface area contributed by atoms with Crippen LogP contribution in [0.5, 0.6) is 0 Å². The fourth-order valence-electron chi connectivity index (χ4n) is 1.72. The van der Waals surface area contributed by atoms with Crippen LogP contribution >= 0.6 is 0 Å². The number of nitro benzene ring substituents is 1. The second-order valence-electron chi connectivity index (χ2n) is 4.10. The summed E-state index contributed by atoms with van der Waals surface area (Å²) in [5.74, 6) is -0.284. The molecule has 0 bridgehead atoms. The van der Waals surface area contributed by atoms with E-state index in [1.807, 2.05) is 13.8 Å². The van der Waals surface area contributed by atoms with Gasteiger partial charge in [-0.2, -0.15) is 0 Å². The van der Waals surface area contributed by atoms with Gasteiger partial charge in [-0.3, -0.25) is 14.9 Å². The SMILES string of the molecule is CCCCNC(=O)c1cccc([N+](=O)[O-])c1NCC. The highest BCUT2D eigenvalue weighted by atomic mass is 16.6. The van der Waals surface area contributed by atoms with Crippen molar-refractivity contribution in [3.63, 3.8) is 0 Å². The lowest BCUT2D eigenvalue weighted by Gasteiger charge is -2.11. The third kappa shape index (κ3) is 3.94. The van der Waals surface area contributed by atoms with Crippen molar-refractivity contribution in [3.8, 4) is 0 Å². The van der Waals surface area contributed by atoms with Gasteiger partial charge in [0.2, 0.25) is 0 Å². The molecule has 104 valence electrons. The summed E-state index contributed by atoms with van der Waals surface area (Å²) in [5, 5.41) is 16.6. The van der Waals surface area contributed by atoms with E-state index in [9.17, 15) is 14.9 Å². The maximum atomic E-state index is 12.0. The Kier molecular flexibility index (Phi) is 5.78. The summed E-state index contributed by atoms with van der Waals surface area (Å²) in [6, 6.07) is 4.50. The van der Waals surface area contributed by atoms with E-state index >= 15 is 0 Å². The first-order chi connectivity index (χ1) is 9.11. The Hall–Kier alpha value is -2.11. The Balaban J connectivity index is 3.01. The van der Waals surface area contributed by atoms with Gasteiger partial charge in [0, 0.05) is 19.2 Å². The lowest BCUT2D eigenvalue weighted by atomic mass is 10.1. The van der Waals surface area contributed by atoms with Crippen molar-refractivity contribution in [2.45, 2.75) is 26.7 Å². The largest absolute Gasteiger partial charge is 0.379 e. The van der Waals surface area contributed by atoms with Crippen molar-refractivity contribution in [2.75, 3.05) is 18.4 Å². The zero-order valence-electron chi connectivity index (χ0n) is 11.2. The predicted molar refractivity (Wildman–Crippen MR) is 74.5 cm³/mol. The number of rotatable bonds is 7. The number of nitro groups is 1. The smallest absolute Gasteiger partial charge is 0.293 e. The summed E-state index contributed by atoms with van der Waals surface area (Å²) in [4.78, 5) is 22.5. The molecule has 0 saturated heterocycles. The van der Waals surface area contributed by atoms with Gasteiger partial charge in [0.05, 0.1) is 10.5 Å². The number of carbonyl (C=O) groups excluding carboxylic acids is 1. The quantitative estimate of drug-likeness (QED) is 0.451. The minimum absolute atomic E-state index is 0.0787. The summed E-state index contributed by atoms with van der Waals surface area (Å²) in [5.41, 5.74) is 0.515. The number of nitrogens with one attached hydrogen (secondary N) is 2. The molecule has 6 nitrogen and oxygen atoms in total. The van der Waals surface area contributed by atoms with E-state index in [4.69, 9.17) is 0 Å². The molecule has 1 aromatic rings. The Morgan fingerprint density at radius 3 is 2.68 bits per heavy atom. The molecule has 1 aromatic carbocycles. The van der Waals surface area contributed by atoms with Crippen molar-refractivity contribution in [3.05, 3.63) is 33.9 Å². The van der Waals surface area contributed by atoms with Gasteiger partial charge in [-0.05, 0) is 19.4 Å². The van der Waals surface area contributed by atoms with E-state index in [0.717, 1.165) is 12.8 Å². The van der Waals surface area contributed by atoms with E-state index in [2.05, 4.69) is 10.6 Å². The lowest BCUT2D eigenvalue weighted by molar-refractivity contribution is -0.384. The first-order valence-corrected chi connectivity index (χ1v) is 6.41. The van der Waals surface area contributed by atoms with Crippen LogP contribution < -0.4 is 10.6 Å². The molecule has 0 aromatic heterocycles. The molecule has 1 rings (SSSR count). The third-order valence-electron chi connectivity index (χ3n) is 2.65. The monoisotopic (exact) mass is 265 g/mol. The Morgan fingerprint density at radius 2 is 2.11 bits per heavy atom. The molecule has 0 aliphatic carbocycles. The fourth-order valence-corrected chi connectivity index (χ4v) is 1.72. The molecule has 0 aliphatic heterocycles. The minimum Gasteiger partial charge on any atom is -0.379 e. The molecule has 0 unspecified atom stereocenters. The third-order valence-corrected chi connectivity index (χ3v) is 2.65. The van der Waals surface area contributed by atoms with Gasteiger partial charge in [0.25, 0.3) is 11.6 Å². The number of carbonyl (C=O) groups is 1. The molecule has 0 fully saturated rings. The molecule has 0 saturated carbocycles. The zero-order valence-corrected chi connectivity index (χ0v) is 11.2. The second-order valence-corrected chi connectivity index (χ2v) is 4.10. The van der Waals surface area contributed by atoms with E-state index in [1.54, 1.807) is 6.07 Å². The number of anilines is 1. The average molecular weight is 265 g/mol. The van der Waals surface area contributed by atoms with Crippen LogP contribution in [0.4, 0.5) is 11.4 Å². The van der Waals surface area contributed by atoms with Crippen LogP contribution in [0, 0.1) is 10.1 Å². The van der Waals surface area contributed by atoms with Crippen molar-refractivity contribution in [2.24, 2.45) is 0 Å². The summed E-state index contributed by atoms with van der Waals surface area (Å²) in [7, 11) is 0. The number of unbranched alkanes of at least 4 members (excludes halogenated alkanes) is 1. The summed E-state index contributed by atoms with van der Waals surface area (Å²) in [6.07, 6.45) is 1.87. The molecule has 0 atom stereocenters. The number of nitrogens with zero attached hydrogens (tertiary/aromatic N) is 1. The van der Waals surface area contributed by atoms with Crippen LogP contribution in [0.3, 0.4) is 0 Å². The molecule has 0 heterocycles. The van der Waals surface area contributed by atoms with Crippen LogP contribution in [0.2, 0.25) is 0 Å². The van der Waals surface area contributed by atoms with Crippen molar-refractivity contribution in [1.82, 2.24) is 5.32 Å². The van der Waals surface area contributed by atoms with Crippen LogP contribution in [0.25, 0.3) is 0 Å². The minimum atomic E-state index is -0.485. The van der Waals surface area contributed by atoms with Gasteiger partial charge >= 0.3 is 0 Å². The molecule has 1 amide bonds. The van der Waals surface area contributed by atoms with Gasteiger partial charge in [0.15, 0.2) is 0 Å². The van der Waals surface area contributed by atoms with Gasteiger partial charge in [0.1, 0.15) is 5.69 Å². The normalized spacial score (nSPS) is 10.0. The molecule has 0 aliphatic rings.